The molecule has 2 aromatic rings. The lowest BCUT2D eigenvalue weighted by Gasteiger charge is -2.08. The second-order valence-corrected chi connectivity index (χ2v) is 5.47. The molecule has 0 unspecified atom stereocenters. The number of hydrogen-bond donors (Lipinski definition) is 0. The molecule has 2 rings (SSSR count). The minimum Gasteiger partial charge on any atom is -0.289 e. The molecular formula is C15H18OS. The van der Waals surface area contributed by atoms with Crippen molar-refractivity contribution in [3.8, 4) is 0 Å². The molecule has 0 bridgehead atoms. The van der Waals surface area contributed by atoms with Crippen LogP contribution in [0.15, 0.2) is 29.1 Å². The second-order valence-electron chi connectivity index (χ2n) is 4.33. The number of benzene rings is 1. The van der Waals surface area contributed by atoms with Crippen LogP contribution in [0.2, 0.25) is 0 Å². The van der Waals surface area contributed by atoms with Gasteiger partial charge < -0.3 is 0 Å². The monoisotopic (exact) mass is 246 g/mol. The summed E-state index contributed by atoms with van der Waals surface area (Å²) in [5, 5.41) is 0.890. The minimum atomic E-state index is 0.254. The summed E-state index contributed by atoms with van der Waals surface area (Å²) in [6.45, 7) is 4.30. The molecule has 0 saturated carbocycles. The zero-order valence-corrected chi connectivity index (χ0v) is 11.3. The number of fused-ring (bicyclic) bond motifs is 1. The Hall–Kier alpha value is -1.15. The maximum absolute atomic E-state index is 12.4. The van der Waals surface area contributed by atoms with E-state index in [0.717, 1.165) is 41.3 Å². The SMILES string of the molecule is CCCc1sc2ccccc2c(=O)c1CCC. The van der Waals surface area contributed by atoms with E-state index in [-0.39, 0.29) is 5.43 Å². The van der Waals surface area contributed by atoms with Gasteiger partial charge in [-0.1, -0.05) is 38.8 Å². The molecule has 0 radical (unpaired) electrons. The molecule has 0 amide bonds. The fourth-order valence-corrected chi connectivity index (χ4v) is 3.47. The molecule has 0 atom stereocenters. The van der Waals surface area contributed by atoms with Gasteiger partial charge in [0.2, 0.25) is 0 Å². The molecule has 2 heteroatoms. The highest BCUT2D eigenvalue weighted by atomic mass is 32.1. The maximum atomic E-state index is 12.4. The summed E-state index contributed by atoms with van der Waals surface area (Å²) in [7, 11) is 0. The van der Waals surface area contributed by atoms with Gasteiger partial charge in [-0.3, -0.25) is 4.79 Å². The Morgan fingerprint density at radius 3 is 2.47 bits per heavy atom. The highest BCUT2D eigenvalue weighted by molar-refractivity contribution is 7.18. The molecule has 0 fully saturated rings. The first-order valence-electron chi connectivity index (χ1n) is 6.31. The average molecular weight is 246 g/mol. The van der Waals surface area contributed by atoms with E-state index in [9.17, 15) is 4.79 Å². The van der Waals surface area contributed by atoms with E-state index in [1.165, 1.54) is 4.88 Å². The van der Waals surface area contributed by atoms with E-state index in [0.29, 0.717) is 0 Å². The largest absolute Gasteiger partial charge is 0.289 e. The van der Waals surface area contributed by atoms with Crippen molar-refractivity contribution in [1.29, 1.82) is 0 Å². The molecule has 17 heavy (non-hydrogen) atoms. The van der Waals surface area contributed by atoms with Crippen molar-refractivity contribution in [3.05, 3.63) is 44.9 Å². The van der Waals surface area contributed by atoms with Crippen LogP contribution in [-0.4, -0.2) is 0 Å². The van der Waals surface area contributed by atoms with Crippen molar-refractivity contribution in [2.24, 2.45) is 0 Å². The van der Waals surface area contributed by atoms with Gasteiger partial charge in [-0.25, -0.2) is 0 Å². The molecule has 0 aliphatic rings. The molecule has 1 heterocycles. The molecule has 1 nitrogen and oxygen atoms in total. The van der Waals surface area contributed by atoms with Crippen molar-refractivity contribution < 1.29 is 0 Å². The third-order valence-electron chi connectivity index (χ3n) is 2.95. The molecule has 0 N–H and O–H groups in total. The van der Waals surface area contributed by atoms with Gasteiger partial charge in [-0.2, -0.15) is 0 Å². The van der Waals surface area contributed by atoms with Crippen LogP contribution in [0.4, 0.5) is 0 Å². The predicted molar refractivity (Wildman–Crippen MR) is 76.1 cm³/mol. The molecule has 0 aliphatic carbocycles. The third kappa shape index (κ3) is 2.42. The Morgan fingerprint density at radius 1 is 1.06 bits per heavy atom. The fourth-order valence-electron chi connectivity index (χ4n) is 2.16. The summed E-state index contributed by atoms with van der Waals surface area (Å²) in [6.07, 6.45) is 4.08. The van der Waals surface area contributed by atoms with Crippen LogP contribution in [-0.2, 0) is 12.8 Å². The lowest BCUT2D eigenvalue weighted by atomic mass is 10.1. The van der Waals surface area contributed by atoms with E-state index >= 15 is 0 Å². The fraction of sp³-hybridized carbons (Fsp3) is 0.400. The van der Waals surface area contributed by atoms with Crippen LogP contribution < -0.4 is 5.43 Å². The Labute approximate surface area is 106 Å². The van der Waals surface area contributed by atoms with Crippen molar-refractivity contribution in [1.82, 2.24) is 0 Å². The first-order valence-corrected chi connectivity index (χ1v) is 7.13. The molecule has 1 aromatic heterocycles. The van der Waals surface area contributed by atoms with Crippen LogP contribution >= 0.6 is 11.3 Å². The number of hydrogen-bond acceptors (Lipinski definition) is 2. The number of aryl methyl sites for hydroxylation is 1. The van der Waals surface area contributed by atoms with Gasteiger partial charge in [0.15, 0.2) is 5.43 Å². The van der Waals surface area contributed by atoms with E-state index in [1.807, 2.05) is 18.2 Å². The van der Waals surface area contributed by atoms with Crippen molar-refractivity contribution in [2.75, 3.05) is 0 Å². The lowest BCUT2D eigenvalue weighted by Crippen LogP contribution is -2.11. The summed E-state index contributed by atoms with van der Waals surface area (Å²) in [6, 6.07) is 7.96. The van der Waals surface area contributed by atoms with Gasteiger partial charge in [0.1, 0.15) is 0 Å². The molecule has 0 aliphatic heterocycles. The second kappa shape index (κ2) is 5.46. The Morgan fingerprint density at radius 2 is 1.76 bits per heavy atom. The standard InChI is InChI=1S/C15H18OS/c1-3-7-11-13(8-4-2)17-14-10-6-5-9-12(14)15(11)16/h5-6,9-10H,3-4,7-8H2,1-2H3. The van der Waals surface area contributed by atoms with Crippen molar-refractivity contribution in [3.63, 3.8) is 0 Å². The van der Waals surface area contributed by atoms with Gasteiger partial charge in [-0.15, -0.1) is 11.3 Å². The molecule has 1 aromatic carbocycles. The van der Waals surface area contributed by atoms with Crippen LogP contribution in [0.3, 0.4) is 0 Å². The van der Waals surface area contributed by atoms with E-state index in [2.05, 4.69) is 19.9 Å². The lowest BCUT2D eigenvalue weighted by molar-refractivity contribution is 0.871. The molecule has 0 spiro atoms. The van der Waals surface area contributed by atoms with E-state index in [4.69, 9.17) is 0 Å². The highest BCUT2D eigenvalue weighted by Gasteiger charge is 2.10. The Balaban J connectivity index is 2.69. The average Bonchev–Trinajstić information content (AvgIpc) is 2.34. The summed E-state index contributed by atoms with van der Waals surface area (Å²) in [5.74, 6) is 0. The Bertz CT molecular complexity index is 569. The predicted octanol–water partition coefficient (Wildman–Crippen LogP) is 4.17. The first kappa shape index (κ1) is 12.3. The topological polar surface area (TPSA) is 17.1 Å². The van der Waals surface area contributed by atoms with Crippen LogP contribution in [0, 0.1) is 0 Å². The zero-order chi connectivity index (χ0) is 12.3. The summed E-state index contributed by atoms with van der Waals surface area (Å²) in [4.78, 5) is 13.7. The zero-order valence-electron chi connectivity index (χ0n) is 10.5. The molecule has 0 saturated heterocycles. The smallest absolute Gasteiger partial charge is 0.191 e. The number of rotatable bonds is 4. The van der Waals surface area contributed by atoms with Gasteiger partial charge in [0.05, 0.1) is 0 Å². The molecule has 90 valence electrons. The van der Waals surface area contributed by atoms with Crippen LogP contribution in [0.1, 0.15) is 37.1 Å². The van der Waals surface area contributed by atoms with E-state index in [1.54, 1.807) is 11.3 Å². The summed E-state index contributed by atoms with van der Waals surface area (Å²) >= 11 is 1.79. The van der Waals surface area contributed by atoms with Gasteiger partial charge in [0, 0.05) is 20.5 Å². The van der Waals surface area contributed by atoms with Gasteiger partial charge in [-0.05, 0) is 25.0 Å². The third-order valence-corrected chi connectivity index (χ3v) is 4.23. The molecular weight excluding hydrogens is 228 g/mol. The summed E-state index contributed by atoms with van der Waals surface area (Å²) < 4.78 is 1.13. The van der Waals surface area contributed by atoms with Crippen LogP contribution in [0.5, 0.6) is 0 Å². The van der Waals surface area contributed by atoms with Crippen LogP contribution in [0.25, 0.3) is 10.1 Å². The van der Waals surface area contributed by atoms with E-state index < -0.39 is 0 Å². The minimum absolute atomic E-state index is 0.254. The first-order chi connectivity index (χ1) is 8.27. The maximum Gasteiger partial charge on any atom is 0.191 e. The quantitative estimate of drug-likeness (QED) is 0.791. The Kier molecular flexibility index (Phi) is 3.95. The summed E-state index contributed by atoms with van der Waals surface area (Å²) in [5.41, 5.74) is 1.31. The highest BCUT2D eigenvalue weighted by Crippen LogP contribution is 2.24. The normalized spacial score (nSPS) is 10.9. The van der Waals surface area contributed by atoms with Crippen molar-refractivity contribution >= 4 is 21.4 Å². The van der Waals surface area contributed by atoms with Crippen molar-refractivity contribution in [2.45, 2.75) is 39.5 Å². The van der Waals surface area contributed by atoms with Gasteiger partial charge in [0.25, 0.3) is 0 Å². The van der Waals surface area contributed by atoms with Gasteiger partial charge >= 0.3 is 0 Å².